The van der Waals surface area contributed by atoms with Crippen molar-refractivity contribution in [2.75, 3.05) is 7.11 Å². The molecule has 5 nitrogen and oxygen atoms in total. The van der Waals surface area contributed by atoms with Crippen molar-refractivity contribution in [1.82, 2.24) is 0 Å². The molecule has 0 unspecified atom stereocenters. The highest BCUT2D eigenvalue weighted by atomic mass is 16.5. The zero-order valence-electron chi connectivity index (χ0n) is 15.3. The van der Waals surface area contributed by atoms with Gasteiger partial charge in [-0.05, 0) is 54.1 Å². The van der Waals surface area contributed by atoms with Gasteiger partial charge in [-0.2, -0.15) is 0 Å². The lowest BCUT2D eigenvalue weighted by atomic mass is 10.1. The SMILES string of the molecule is C=CC(=O)CC#Cc1ccc(C(=O)Oc2ccc(/C=C/C(=O)OC)cc2)cc1. The number of allylic oxidation sites excluding steroid dienone is 1. The van der Waals surface area contributed by atoms with E-state index in [4.69, 9.17) is 4.74 Å². The molecule has 0 spiro atoms. The molecule has 0 bridgehead atoms. The number of carbonyl (C=O) groups is 3. The largest absolute Gasteiger partial charge is 0.466 e. The molecule has 0 aromatic heterocycles. The van der Waals surface area contributed by atoms with Crippen LogP contribution in [0.5, 0.6) is 5.75 Å². The minimum absolute atomic E-state index is 0.109. The smallest absolute Gasteiger partial charge is 0.343 e. The van der Waals surface area contributed by atoms with Gasteiger partial charge >= 0.3 is 11.9 Å². The van der Waals surface area contributed by atoms with Crippen molar-refractivity contribution < 1.29 is 23.9 Å². The third kappa shape index (κ3) is 6.43. The molecule has 0 heterocycles. The predicted molar refractivity (Wildman–Crippen MR) is 106 cm³/mol. The van der Waals surface area contributed by atoms with Crippen molar-refractivity contribution in [2.45, 2.75) is 6.42 Å². The lowest BCUT2D eigenvalue weighted by Crippen LogP contribution is -2.08. The average molecular weight is 374 g/mol. The molecule has 5 heteroatoms. The Bertz CT molecular complexity index is 955. The van der Waals surface area contributed by atoms with E-state index in [0.29, 0.717) is 16.9 Å². The van der Waals surface area contributed by atoms with Crippen LogP contribution in [0, 0.1) is 11.8 Å². The van der Waals surface area contributed by atoms with E-state index in [-0.39, 0.29) is 12.2 Å². The number of benzene rings is 2. The van der Waals surface area contributed by atoms with Gasteiger partial charge in [-0.25, -0.2) is 9.59 Å². The van der Waals surface area contributed by atoms with E-state index in [1.165, 1.54) is 19.3 Å². The Morgan fingerprint density at radius 2 is 1.71 bits per heavy atom. The molecular formula is C23H18O5. The van der Waals surface area contributed by atoms with E-state index >= 15 is 0 Å². The van der Waals surface area contributed by atoms with Crippen molar-refractivity contribution in [2.24, 2.45) is 0 Å². The molecule has 0 radical (unpaired) electrons. The quantitative estimate of drug-likeness (QED) is 0.334. The number of ether oxygens (including phenoxy) is 2. The topological polar surface area (TPSA) is 69.7 Å². The molecule has 0 saturated carbocycles. The summed E-state index contributed by atoms with van der Waals surface area (Å²) in [6.45, 7) is 3.39. The Morgan fingerprint density at radius 1 is 1.04 bits per heavy atom. The van der Waals surface area contributed by atoms with Crippen molar-refractivity contribution in [3.63, 3.8) is 0 Å². The van der Waals surface area contributed by atoms with Crippen LogP contribution in [0.4, 0.5) is 0 Å². The van der Waals surface area contributed by atoms with Gasteiger partial charge in [0.2, 0.25) is 0 Å². The van der Waals surface area contributed by atoms with Crippen LogP contribution < -0.4 is 4.74 Å². The van der Waals surface area contributed by atoms with Gasteiger partial charge in [0.15, 0.2) is 5.78 Å². The van der Waals surface area contributed by atoms with Crippen LogP contribution in [0.25, 0.3) is 6.08 Å². The zero-order valence-corrected chi connectivity index (χ0v) is 15.3. The highest BCUT2D eigenvalue weighted by Crippen LogP contribution is 2.15. The minimum atomic E-state index is -0.501. The van der Waals surface area contributed by atoms with Gasteiger partial charge in [-0.1, -0.05) is 30.6 Å². The van der Waals surface area contributed by atoms with E-state index in [9.17, 15) is 14.4 Å². The van der Waals surface area contributed by atoms with E-state index in [1.807, 2.05) is 0 Å². The summed E-state index contributed by atoms with van der Waals surface area (Å²) in [5, 5.41) is 0. The molecule has 0 aliphatic heterocycles. The maximum Gasteiger partial charge on any atom is 0.343 e. The van der Waals surface area contributed by atoms with Gasteiger partial charge in [0.1, 0.15) is 5.75 Å². The molecule has 0 amide bonds. The second-order valence-corrected chi connectivity index (χ2v) is 5.54. The van der Waals surface area contributed by atoms with E-state index in [1.54, 1.807) is 54.6 Å². The van der Waals surface area contributed by atoms with Crippen molar-refractivity contribution in [3.8, 4) is 17.6 Å². The number of carbonyl (C=O) groups excluding carboxylic acids is 3. The molecule has 2 aromatic carbocycles. The van der Waals surface area contributed by atoms with Crippen LogP contribution >= 0.6 is 0 Å². The first-order chi connectivity index (χ1) is 13.5. The first kappa shape index (κ1) is 20.4. The molecule has 2 aromatic rings. The van der Waals surface area contributed by atoms with Crippen LogP contribution in [0.15, 0.2) is 67.3 Å². The summed E-state index contributed by atoms with van der Waals surface area (Å²) in [5.74, 6) is 4.88. The maximum atomic E-state index is 12.2. The summed E-state index contributed by atoms with van der Waals surface area (Å²) in [6.07, 6.45) is 4.24. The Morgan fingerprint density at radius 3 is 2.32 bits per heavy atom. The molecule has 0 saturated heterocycles. The Hall–Kier alpha value is -3.91. The number of hydrogen-bond donors (Lipinski definition) is 0. The predicted octanol–water partition coefficient (Wildman–Crippen LogP) is 3.59. The highest BCUT2D eigenvalue weighted by molar-refractivity contribution is 5.92. The monoisotopic (exact) mass is 374 g/mol. The molecule has 28 heavy (non-hydrogen) atoms. The van der Waals surface area contributed by atoms with E-state index < -0.39 is 11.9 Å². The normalized spacial score (nSPS) is 9.89. The summed E-state index contributed by atoms with van der Waals surface area (Å²) in [7, 11) is 1.30. The lowest BCUT2D eigenvalue weighted by Gasteiger charge is -2.05. The Balaban J connectivity index is 1.97. The summed E-state index contributed by atoms with van der Waals surface area (Å²) in [5.41, 5.74) is 1.83. The fourth-order valence-electron chi connectivity index (χ4n) is 2.04. The van der Waals surface area contributed by atoms with E-state index in [0.717, 1.165) is 5.56 Å². The molecule has 2 rings (SSSR count). The van der Waals surface area contributed by atoms with Gasteiger partial charge in [-0.3, -0.25) is 4.79 Å². The molecule has 140 valence electrons. The van der Waals surface area contributed by atoms with Crippen LogP contribution in [-0.4, -0.2) is 24.8 Å². The molecule has 0 atom stereocenters. The highest BCUT2D eigenvalue weighted by Gasteiger charge is 2.08. The lowest BCUT2D eigenvalue weighted by molar-refractivity contribution is -0.134. The second kappa shape index (κ2) is 10.3. The van der Waals surface area contributed by atoms with Crippen molar-refractivity contribution in [3.05, 3.63) is 84.0 Å². The maximum absolute atomic E-state index is 12.2. The van der Waals surface area contributed by atoms with Gasteiger partial charge in [0.05, 0.1) is 19.1 Å². The third-order valence-electron chi connectivity index (χ3n) is 3.55. The standard InChI is InChI=1S/C23H18O5/c1-3-20(24)6-4-5-17-7-12-19(13-8-17)23(26)28-21-14-9-18(10-15-21)11-16-22(25)27-2/h3,7-16H,1,6H2,2H3/b16-11+. The molecule has 0 aliphatic carbocycles. The zero-order chi connectivity index (χ0) is 20.4. The molecule has 0 N–H and O–H groups in total. The fraction of sp³-hybridized carbons (Fsp3) is 0.0870. The molecular weight excluding hydrogens is 356 g/mol. The van der Waals surface area contributed by atoms with Gasteiger partial charge in [-0.15, -0.1) is 0 Å². The van der Waals surface area contributed by atoms with Gasteiger partial charge in [0, 0.05) is 11.6 Å². The third-order valence-corrected chi connectivity index (χ3v) is 3.55. The molecule has 0 aliphatic rings. The summed E-state index contributed by atoms with van der Waals surface area (Å²) in [6, 6.07) is 13.3. The number of methoxy groups -OCH3 is 1. The summed E-state index contributed by atoms with van der Waals surface area (Å²) in [4.78, 5) is 34.4. The first-order valence-electron chi connectivity index (χ1n) is 8.34. The Kier molecular flexibility index (Phi) is 7.50. The molecule has 0 fully saturated rings. The first-order valence-corrected chi connectivity index (χ1v) is 8.34. The second-order valence-electron chi connectivity index (χ2n) is 5.54. The number of rotatable bonds is 6. The van der Waals surface area contributed by atoms with Crippen molar-refractivity contribution >= 4 is 23.8 Å². The summed E-state index contributed by atoms with van der Waals surface area (Å²) >= 11 is 0. The van der Waals surface area contributed by atoms with Crippen LogP contribution in [0.3, 0.4) is 0 Å². The van der Waals surface area contributed by atoms with Gasteiger partial charge < -0.3 is 9.47 Å². The number of esters is 2. The van der Waals surface area contributed by atoms with E-state index in [2.05, 4.69) is 23.2 Å². The summed E-state index contributed by atoms with van der Waals surface area (Å²) < 4.78 is 9.84. The van der Waals surface area contributed by atoms with Gasteiger partial charge in [0.25, 0.3) is 0 Å². The van der Waals surface area contributed by atoms with Crippen LogP contribution in [-0.2, 0) is 14.3 Å². The average Bonchev–Trinajstić information content (AvgIpc) is 2.73. The number of ketones is 1. The fourth-order valence-corrected chi connectivity index (χ4v) is 2.04. The Labute approximate surface area is 163 Å². The number of hydrogen-bond acceptors (Lipinski definition) is 5. The van der Waals surface area contributed by atoms with Crippen molar-refractivity contribution in [1.29, 1.82) is 0 Å². The minimum Gasteiger partial charge on any atom is -0.466 e. The van der Waals surface area contributed by atoms with Crippen LogP contribution in [0.2, 0.25) is 0 Å². The van der Waals surface area contributed by atoms with Crippen LogP contribution in [0.1, 0.15) is 27.9 Å².